The predicted molar refractivity (Wildman–Crippen MR) is 134 cm³/mol. The zero-order valence-corrected chi connectivity index (χ0v) is 19.8. The Balaban J connectivity index is 1.46. The molecule has 0 spiro atoms. The van der Waals surface area contributed by atoms with E-state index in [1.54, 1.807) is 11.9 Å². The number of amides is 1. The second-order valence-electron chi connectivity index (χ2n) is 7.66. The van der Waals surface area contributed by atoms with E-state index >= 15 is 0 Å². The molecule has 0 unspecified atom stereocenters. The van der Waals surface area contributed by atoms with Crippen LogP contribution in [0, 0.1) is 0 Å². The second kappa shape index (κ2) is 8.67. The summed E-state index contributed by atoms with van der Waals surface area (Å²) in [5.41, 5.74) is 4.67. The maximum atomic E-state index is 13.2. The van der Waals surface area contributed by atoms with Crippen molar-refractivity contribution in [1.29, 1.82) is 0 Å². The number of aromatic nitrogens is 3. The Morgan fingerprint density at radius 2 is 1.76 bits per heavy atom. The molecule has 164 valence electrons. The molecule has 0 fully saturated rings. The molecule has 7 heteroatoms. The van der Waals surface area contributed by atoms with E-state index in [9.17, 15) is 4.79 Å². The van der Waals surface area contributed by atoms with Gasteiger partial charge >= 0.3 is 0 Å². The van der Waals surface area contributed by atoms with Gasteiger partial charge in [-0.2, -0.15) is 4.80 Å². The van der Waals surface area contributed by atoms with Gasteiger partial charge in [-0.25, -0.2) is 0 Å². The molecule has 4 aromatic carbocycles. The van der Waals surface area contributed by atoms with E-state index in [4.69, 9.17) is 4.74 Å². The number of rotatable bonds is 5. The number of hydrogen-bond acceptors (Lipinski definition) is 4. The fraction of sp³-hybridized carbons (Fsp3) is 0.115. The van der Waals surface area contributed by atoms with Crippen LogP contribution in [0.15, 0.2) is 77.3 Å². The lowest BCUT2D eigenvalue weighted by molar-refractivity contribution is 0.102. The molecule has 0 saturated heterocycles. The van der Waals surface area contributed by atoms with Crippen LogP contribution in [0.2, 0.25) is 0 Å². The molecule has 0 bridgehead atoms. The van der Waals surface area contributed by atoms with Crippen LogP contribution in [0.4, 0.5) is 5.69 Å². The van der Waals surface area contributed by atoms with Crippen LogP contribution in [0.1, 0.15) is 22.8 Å². The largest absolute Gasteiger partial charge is 0.495 e. The lowest BCUT2D eigenvalue weighted by atomic mass is 10.1. The lowest BCUT2D eigenvalue weighted by Crippen LogP contribution is -2.13. The molecule has 1 aromatic heterocycles. The molecule has 0 aliphatic carbocycles. The number of aryl methyl sites for hydroxylation is 1. The Morgan fingerprint density at radius 1 is 1.00 bits per heavy atom. The Bertz CT molecular complexity index is 1490. The van der Waals surface area contributed by atoms with Crippen molar-refractivity contribution in [3.05, 3.63) is 88.4 Å². The van der Waals surface area contributed by atoms with Gasteiger partial charge in [0.05, 0.1) is 22.8 Å². The van der Waals surface area contributed by atoms with Crippen LogP contribution in [0.3, 0.4) is 0 Å². The van der Waals surface area contributed by atoms with Gasteiger partial charge in [0.2, 0.25) is 0 Å². The minimum atomic E-state index is -0.264. The molecule has 1 amide bonds. The van der Waals surface area contributed by atoms with E-state index in [-0.39, 0.29) is 5.91 Å². The van der Waals surface area contributed by atoms with Gasteiger partial charge in [0.15, 0.2) is 0 Å². The lowest BCUT2D eigenvalue weighted by Gasteiger charge is -2.13. The van der Waals surface area contributed by atoms with Crippen LogP contribution in [0.5, 0.6) is 5.75 Å². The van der Waals surface area contributed by atoms with Crippen LogP contribution in [0.25, 0.3) is 27.5 Å². The summed E-state index contributed by atoms with van der Waals surface area (Å²) in [6.07, 6.45) is 0.983. The minimum absolute atomic E-state index is 0.264. The summed E-state index contributed by atoms with van der Waals surface area (Å²) in [6.45, 7) is 2.12. The third-order valence-electron chi connectivity index (χ3n) is 5.60. The van der Waals surface area contributed by atoms with Crippen molar-refractivity contribution in [2.24, 2.45) is 0 Å². The number of nitrogens with one attached hydrogen (secondary N) is 1. The first-order valence-electron chi connectivity index (χ1n) is 10.6. The molecule has 6 nitrogen and oxygen atoms in total. The molecule has 0 atom stereocenters. The van der Waals surface area contributed by atoms with Crippen molar-refractivity contribution in [2.75, 3.05) is 12.4 Å². The van der Waals surface area contributed by atoms with E-state index in [1.807, 2.05) is 60.7 Å². The Labute approximate surface area is 199 Å². The molecule has 0 saturated carbocycles. The number of benzene rings is 4. The number of methoxy groups -OCH3 is 1. The SMILES string of the molecule is CCc1ccc(-n2nc3ccc(NC(=O)c4cc5ccccc5c(Br)c4OC)cc3n2)cc1. The first-order valence-corrected chi connectivity index (χ1v) is 11.4. The van der Waals surface area contributed by atoms with Crippen LogP contribution in [-0.2, 0) is 6.42 Å². The van der Waals surface area contributed by atoms with Crippen LogP contribution >= 0.6 is 15.9 Å². The monoisotopic (exact) mass is 500 g/mol. The predicted octanol–water partition coefficient (Wildman–Crippen LogP) is 6.16. The minimum Gasteiger partial charge on any atom is -0.495 e. The zero-order chi connectivity index (χ0) is 22.9. The van der Waals surface area contributed by atoms with Crippen LogP contribution in [-0.4, -0.2) is 28.0 Å². The van der Waals surface area contributed by atoms with E-state index in [2.05, 4.69) is 50.5 Å². The van der Waals surface area contributed by atoms with Gasteiger partial charge < -0.3 is 10.1 Å². The summed E-state index contributed by atoms with van der Waals surface area (Å²) in [5, 5.41) is 14.0. The maximum absolute atomic E-state index is 13.2. The standard InChI is InChI=1S/C26H21BrN4O2/c1-3-16-8-11-19(12-9-16)31-29-22-13-10-18(15-23(22)30-31)28-26(32)21-14-17-6-4-5-7-20(17)24(27)25(21)33-2/h4-15H,3H2,1-2H3,(H,28,32). The van der Waals surface area contributed by atoms with Crippen molar-refractivity contribution in [3.63, 3.8) is 0 Å². The van der Waals surface area contributed by atoms with Crippen molar-refractivity contribution < 1.29 is 9.53 Å². The highest BCUT2D eigenvalue weighted by atomic mass is 79.9. The molecule has 5 rings (SSSR count). The number of anilines is 1. The van der Waals surface area contributed by atoms with E-state index in [1.165, 1.54) is 5.56 Å². The topological polar surface area (TPSA) is 69.0 Å². The number of halogens is 1. The number of hydrogen-bond donors (Lipinski definition) is 1. The quantitative estimate of drug-likeness (QED) is 0.313. The van der Waals surface area contributed by atoms with Gasteiger partial charge in [-0.15, -0.1) is 10.2 Å². The number of carbonyl (C=O) groups is 1. The Morgan fingerprint density at radius 3 is 2.52 bits per heavy atom. The number of carbonyl (C=O) groups excluding carboxylic acids is 1. The normalized spacial score (nSPS) is 11.1. The summed E-state index contributed by atoms with van der Waals surface area (Å²) < 4.78 is 6.30. The molecule has 1 heterocycles. The maximum Gasteiger partial charge on any atom is 0.259 e. The fourth-order valence-electron chi connectivity index (χ4n) is 3.82. The third-order valence-corrected chi connectivity index (χ3v) is 6.39. The zero-order valence-electron chi connectivity index (χ0n) is 18.2. The summed E-state index contributed by atoms with van der Waals surface area (Å²) >= 11 is 3.59. The van der Waals surface area contributed by atoms with Gasteiger partial charge in [-0.05, 0) is 75.1 Å². The summed E-state index contributed by atoms with van der Waals surface area (Å²) in [4.78, 5) is 14.8. The number of fused-ring (bicyclic) bond motifs is 2. The van der Waals surface area contributed by atoms with Crippen molar-refractivity contribution in [3.8, 4) is 11.4 Å². The molecule has 0 aliphatic heterocycles. The smallest absolute Gasteiger partial charge is 0.259 e. The van der Waals surface area contributed by atoms with E-state index in [0.29, 0.717) is 22.5 Å². The van der Waals surface area contributed by atoms with Gasteiger partial charge in [0.1, 0.15) is 16.8 Å². The van der Waals surface area contributed by atoms with Gasteiger partial charge in [0, 0.05) is 5.69 Å². The van der Waals surface area contributed by atoms with Crippen molar-refractivity contribution >= 4 is 49.3 Å². The van der Waals surface area contributed by atoms with E-state index in [0.717, 1.165) is 32.9 Å². The average Bonchev–Trinajstić information content (AvgIpc) is 3.27. The molecular weight excluding hydrogens is 480 g/mol. The fourth-order valence-corrected chi connectivity index (χ4v) is 4.56. The summed E-state index contributed by atoms with van der Waals surface area (Å²) in [6, 6.07) is 23.3. The molecule has 0 aliphatic rings. The number of ether oxygens (including phenoxy) is 1. The number of nitrogens with zero attached hydrogens (tertiary/aromatic N) is 3. The molecule has 5 aromatic rings. The molecule has 1 N–H and O–H groups in total. The van der Waals surface area contributed by atoms with E-state index < -0.39 is 0 Å². The summed E-state index contributed by atoms with van der Waals surface area (Å²) in [5.74, 6) is 0.231. The first-order chi connectivity index (χ1) is 16.1. The highest BCUT2D eigenvalue weighted by Crippen LogP contribution is 2.37. The third kappa shape index (κ3) is 3.96. The average molecular weight is 501 g/mol. The van der Waals surface area contributed by atoms with Gasteiger partial charge in [-0.3, -0.25) is 4.79 Å². The van der Waals surface area contributed by atoms with Crippen LogP contribution < -0.4 is 10.1 Å². The highest BCUT2D eigenvalue weighted by Gasteiger charge is 2.18. The Kier molecular flexibility index (Phi) is 5.56. The molecular formula is C26H21BrN4O2. The van der Waals surface area contributed by atoms with Gasteiger partial charge in [0.25, 0.3) is 5.91 Å². The molecule has 0 radical (unpaired) electrons. The highest BCUT2D eigenvalue weighted by molar-refractivity contribution is 9.10. The Hall–Kier alpha value is -3.71. The van der Waals surface area contributed by atoms with Crippen molar-refractivity contribution in [1.82, 2.24) is 15.0 Å². The first kappa shape index (κ1) is 21.2. The van der Waals surface area contributed by atoms with Crippen molar-refractivity contribution in [2.45, 2.75) is 13.3 Å². The van der Waals surface area contributed by atoms with Gasteiger partial charge in [-0.1, -0.05) is 43.3 Å². The molecule has 33 heavy (non-hydrogen) atoms. The summed E-state index contributed by atoms with van der Waals surface area (Å²) in [7, 11) is 1.56. The second-order valence-corrected chi connectivity index (χ2v) is 8.45.